The van der Waals surface area contributed by atoms with Crippen molar-refractivity contribution >= 4 is 17.8 Å². The number of carbonyl (C=O) groups is 3. The normalized spacial score (nSPS) is 18.4. The number of nitrogens with one attached hydrogen (secondary N) is 1. The van der Waals surface area contributed by atoms with Crippen LogP contribution in [0.15, 0.2) is 30.3 Å². The maximum Gasteiger partial charge on any atom is 0.333 e. The standard InChI is InChI=1S/C22H32N2O6/c1-14(2)13-17(22(28,29-3)21(23)27)19(25)24-18(15-9-5-4-6-10-15)20(26)30-16-11-7-8-12-16/h4-6,9-10,14,16-18,28H,7-8,11-13H2,1-3H3,(H2,23,27)(H,24,25)/t17?,18?,22-/m0/s1. The molecule has 0 aromatic heterocycles. The van der Waals surface area contributed by atoms with Crippen LogP contribution in [-0.4, -0.2) is 41.9 Å². The molecule has 2 amide bonds. The second-order valence-corrected chi connectivity index (χ2v) is 8.14. The lowest BCUT2D eigenvalue weighted by molar-refractivity contribution is -0.218. The molecular formula is C22H32N2O6. The van der Waals surface area contributed by atoms with E-state index in [4.69, 9.17) is 15.2 Å². The summed E-state index contributed by atoms with van der Waals surface area (Å²) in [7, 11) is 1.11. The van der Waals surface area contributed by atoms with Crippen LogP contribution in [0.5, 0.6) is 0 Å². The van der Waals surface area contributed by atoms with Gasteiger partial charge in [0.05, 0.1) is 0 Å². The summed E-state index contributed by atoms with van der Waals surface area (Å²) in [6.45, 7) is 3.67. The quantitative estimate of drug-likeness (QED) is 0.391. The van der Waals surface area contributed by atoms with E-state index < -0.39 is 35.5 Å². The predicted molar refractivity (Wildman–Crippen MR) is 110 cm³/mol. The van der Waals surface area contributed by atoms with Crippen molar-refractivity contribution in [2.45, 2.75) is 63.9 Å². The van der Waals surface area contributed by atoms with Gasteiger partial charge in [0.2, 0.25) is 5.91 Å². The summed E-state index contributed by atoms with van der Waals surface area (Å²) in [6, 6.07) is 7.62. The van der Waals surface area contributed by atoms with E-state index in [-0.39, 0.29) is 18.4 Å². The molecule has 0 spiro atoms. The number of aliphatic hydroxyl groups is 1. The first kappa shape index (κ1) is 23.8. The van der Waals surface area contributed by atoms with Gasteiger partial charge in [0.25, 0.3) is 11.7 Å². The van der Waals surface area contributed by atoms with Crippen LogP contribution in [-0.2, 0) is 23.9 Å². The van der Waals surface area contributed by atoms with Crippen LogP contribution < -0.4 is 11.1 Å². The zero-order valence-corrected chi connectivity index (χ0v) is 17.8. The number of benzene rings is 1. The minimum Gasteiger partial charge on any atom is -0.461 e. The van der Waals surface area contributed by atoms with Gasteiger partial charge in [-0.05, 0) is 43.6 Å². The van der Waals surface area contributed by atoms with Gasteiger partial charge >= 0.3 is 5.97 Å². The Hall–Kier alpha value is -2.45. The second-order valence-electron chi connectivity index (χ2n) is 8.14. The zero-order valence-electron chi connectivity index (χ0n) is 17.8. The van der Waals surface area contributed by atoms with Gasteiger partial charge in [0.1, 0.15) is 12.0 Å². The number of rotatable bonds is 10. The molecule has 1 fully saturated rings. The molecule has 1 aromatic rings. The topological polar surface area (TPSA) is 128 Å². The van der Waals surface area contributed by atoms with Crippen LogP contribution in [0.25, 0.3) is 0 Å². The van der Waals surface area contributed by atoms with E-state index in [9.17, 15) is 19.5 Å². The summed E-state index contributed by atoms with van der Waals surface area (Å²) in [5.74, 6) is -6.32. The van der Waals surface area contributed by atoms with Crippen molar-refractivity contribution in [1.29, 1.82) is 0 Å². The molecule has 8 nitrogen and oxygen atoms in total. The van der Waals surface area contributed by atoms with Gasteiger partial charge in [-0.15, -0.1) is 0 Å². The summed E-state index contributed by atoms with van der Waals surface area (Å²) >= 11 is 0. The zero-order chi connectivity index (χ0) is 22.3. The van der Waals surface area contributed by atoms with Gasteiger partial charge in [0.15, 0.2) is 6.04 Å². The van der Waals surface area contributed by atoms with Crippen molar-refractivity contribution in [2.24, 2.45) is 17.6 Å². The fourth-order valence-corrected chi connectivity index (χ4v) is 3.74. The molecule has 2 rings (SSSR count). The van der Waals surface area contributed by atoms with Crippen LogP contribution in [0.1, 0.15) is 57.6 Å². The molecule has 1 aliphatic rings. The monoisotopic (exact) mass is 420 g/mol. The van der Waals surface area contributed by atoms with Crippen molar-refractivity contribution in [3.8, 4) is 0 Å². The smallest absolute Gasteiger partial charge is 0.333 e. The first-order chi connectivity index (χ1) is 14.2. The van der Waals surface area contributed by atoms with E-state index in [1.807, 2.05) is 13.8 Å². The van der Waals surface area contributed by atoms with Crippen LogP contribution >= 0.6 is 0 Å². The molecule has 0 heterocycles. The van der Waals surface area contributed by atoms with Crippen molar-refractivity contribution < 1.29 is 29.0 Å². The molecule has 1 aliphatic carbocycles. The molecule has 0 aliphatic heterocycles. The Morgan fingerprint density at radius 3 is 2.30 bits per heavy atom. The minimum atomic E-state index is -2.50. The number of nitrogens with two attached hydrogens (primary N) is 1. The lowest BCUT2D eigenvalue weighted by Gasteiger charge is -2.33. The first-order valence-corrected chi connectivity index (χ1v) is 10.3. The fourth-order valence-electron chi connectivity index (χ4n) is 3.74. The van der Waals surface area contributed by atoms with E-state index in [2.05, 4.69) is 5.32 Å². The number of methoxy groups -OCH3 is 1. The third-order valence-corrected chi connectivity index (χ3v) is 5.40. The number of esters is 1. The highest BCUT2D eigenvalue weighted by Gasteiger charge is 2.48. The van der Waals surface area contributed by atoms with Crippen LogP contribution in [0.4, 0.5) is 0 Å². The lowest BCUT2D eigenvalue weighted by Crippen LogP contribution is -2.57. The number of carbonyl (C=O) groups excluding carboxylic acids is 3. The summed E-state index contributed by atoms with van der Waals surface area (Å²) in [5.41, 5.74) is 5.86. The van der Waals surface area contributed by atoms with E-state index in [0.29, 0.717) is 5.56 Å². The third-order valence-electron chi connectivity index (χ3n) is 5.40. The first-order valence-electron chi connectivity index (χ1n) is 10.3. The van der Waals surface area contributed by atoms with Gasteiger partial charge in [-0.2, -0.15) is 0 Å². The largest absolute Gasteiger partial charge is 0.461 e. The molecule has 0 saturated heterocycles. The molecule has 2 unspecified atom stereocenters. The molecule has 8 heteroatoms. The number of primary amides is 1. The number of amides is 2. The lowest BCUT2D eigenvalue weighted by atomic mass is 9.87. The molecule has 4 N–H and O–H groups in total. The summed E-state index contributed by atoms with van der Waals surface area (Å²) in [4.78, 5) is 37.9. The number of hydrogen-bond donors (Lipinski definition) is 3. The summed E-state index contributed by atoms with van der Waals surface area (Å²) < 4.78 is 10.6. The van der Waals surface area contributed by atoms with Gasteiger partial charge in [-0.1, -0.05) is 44.2 Å². The predicted octanol–water partition coefficient (Wildman–Crippen LogP) is 1.81. The Morgan fingerprint density at radius 1 is 1.20 bits per heavy atom. The molecule has 30 heavy (non-hydrogen) atoms. The SMILES string of the molecule is CO[C@](O)(C(N)=O)C(CC(C)C)C(=O)NC(C(=O)OC1CCCC1)c1ccccc1. The Bertz CT molecular complexity index is 732. The van der Waals surface area contributed by atoms with E-state index in [0.717, 1.165) is 32.8 Å². The highest BCUT2D eigenvalue weighted by molar-refractivity contribution is 5.92. The van der Waals surface area contributed by atoms with Crippen LogP contribution in [0.3, 0.4) is 0 Å². The van der Waals surface area contributed by atoms with Crippen molar-refractivity contribution in [3.63, 3.8) is 0 Å². The van der Waals surface area contributed by atoms with Crippen molar-refractivity contribution in [1.82, 2.24) is 5.32 Å². The molecule has 0 bridgehead atoms. The highest BCUT2D eigenvalue weighted by Crippen LogP contribution is 2.28. The van der Waals surface area contributed by atoms with Crippen LogP contribution in [0, 0.1) is 11.8 Å². The Morgan fingerprint density at radius 2 is 1.80 bits per heavy atom. The summed E-state index contributed by atoms with van der Waals surface area (Å²) in [6.07, 6.45) is 3.53. The molecule has 1 saturated carbocycles. The van der Waals surface area contributed by atoms with Gasteiger partial charge in [0, 0.05) is 7.11 Å². The maximum absolute atomic E-state index is 13.1. The second kappa shape index (κ2) is 10.5. The van der Waals surface area contributed by atoms with E-state index >= 15 is 0 Å². The highest BCUT2D eigenvalue weighted by atomic mass is 16.6. The Kier molecular flexibility index (Phi) is 8.37. The van der Waals surface area contributed by atoms with Gasteiger partial charge < -0.3 is 25.6 Å². The van der Waals surface area contributed by atoms with Crippen molar-refractivity contribution in [2.75, 3.05) is 7.11 Å². The average molecular weight is 421 g/mol. The third kappa shape index (κ3) is 5.79. The molecular weight excluding hydrogens is 388 g/mol. The van der Waals surface area contributed by atoms with E-state index in [1.54, 1.807) is 30.3 Å². The van der Waals surface area contributed by atoms with Crippen molar-refractivity contribution in [3.05, 3.63) is 35.9 Å². The van der Waals surface area contributed by atoms with E-state index in [1.165, 1.54) is 0 Å². The number of hydrogen-bond acceptors (Lipinski definition) is 6. The average Bonchev–Trinajstić information content (AvgIpc) is 3.22. The molecule has 0 radical (unpaired) electrons. The Labute approximate surface area is 177 Å². The maximum atomic E-state index is 13.1. The Balaban J connectivity index is 2.29. The molecule has 1 aromatic carbocycles. The number of ether oxygens (including phenoxy) is 2. The molecule has 166 valence electrons. The van der Waals surface area contributed by atoms with Gasteiger partial charge in [-0.25, -0.2) is 4.79 Å². The fraction of sp³-hybridized carbons (Fsp3) is 0.591. The summed E-state index contributed by atoms with van der Waals surface area (Å²) in [5, 5.41) is 13.3. The van der Waals surface area contributed by atoms with Gasteiger partial charge in [-0.3, -0.25) is 9.59 Å². The van der Waals surface area contributed by atoms with Crippen LogP contribution in [0.2, 0.25) is 0 Å². The molecule has 3 atom stereocenters. The minimum absolute atomic E-state index is 0.0533.